The van der Waals surface area contributed by atoms with E-state index in [1.165, 1.54) is 12.8 Å². The molecule has 0 bridgehead atoms. The number of hydrogen-bond acceptors (Lipinski definition) is 16. The Morgan fingerprint density at radius 3 is 1.72 bits per heavy atom. The second-order valence-corrected chi connectivity index (χ2v) is 21.0. The molecule has 2 aliphatic carbocycles. The van der Waals surface area contributed by atoms with Crippen LogP contribution in [0.3, 0.4) is 0 Å². The van der Waals surface area contributed by atoms with Gasteiger partial charge in [-0.1, -0.05) is 37.3 Å². The van der Waals surface area contributed by atoms with Gasteiger partial charge in [0.15, 0.2) is 0 Å². The molecule has 0 unspecified atom stereocenters. The summed E-state index contributed by atoms with van der Waals surface area (Å²) in [5.74, 6) is 1.31. The van der Waals surface area contributed by atoms with Crippen LogP contribution < -0.4 is 32.0 Å². The van der Waals surface area contributed by atoms with E-state index in [4.69, 9.17) is 27.1 Å². The van der Waals surface area contributed by atoms with Gasteiger partial charge in [-0.15, -0.1) is 0 Å². The maximum absolute atomic E-state index is 12.8. The van der Waals surface area contributed by atoms with Crippen molar-refractivity contribution in [3.63, 3.8) is 0 Å². The van der Waals surface area contributed by atoms with Crippen molar-refractivity contribution in [2.75, 3.05) is 73.2 Å². The van der Waals surface area contributed by atoms with Gasteiger partial charge in [0, 0.05) is 111 Å². The number of amides is 1. The van der Waals surface area contributed by atoms with Crippen LogP contribution >= 0.6 is 11.6 Å². The second kappa shape index (κ2) is 21.9. The molecule has 10 heterocycles. The van der Waals surface area contributed by atoms with Crippen LogP contribution in [0.4, 0.5) is 33.9 Å². The fourth-order valence-electron chi connectivity index (χ4n) is 10.8. The lowest BCUT2D eigenvalue weighted by Crippen LogP contribution is -2.51. The van der Waals surface area contributed by atoms with Gasteiger partial charge in [-0.05, 0) is 89.7 Å². The Labute approximate surface area is 438 Å². The first-order chi connectivity index (χ1) is 36.2. The molecule has 6 N–H and O–H groups in total. The molecular formula is C52H64BClN16O5. The van der Waals surface area contributed by atoms with Gasteiger partial charge in [-0.2, -0.15) is 9.97 Å². The predicted molar refractivity (Wildman–Crippen MR) is 295 cm³/mol. The first-order valence-electron chi connectivity index (χ1n) is 26.0. The van der Waals surface area contributed by atoms with Gasteiger partial charge in [0.05, 0.1) is 23.8 Å². The SMILES string of the molecule is CB(O)N1CCN(c2ccc(Cl)nc2)CC1.CC(C)(C)OC(=O)N1CCN(c2ccc(Nc3ncc4c5cc[nH]c(=O)c5n(C5CCCC5)c4n3)nc2)CC1.Nc1ncc2c3cc[nH]c(=O)c3n(C3CCCC3)c2n1. The van der Waals surface area contributed by atoms with Crippen LogP contribution in [0, 0.1) is 0 Å². The van der Waals surface area contributed by atoms with E-state index in [1.807, 2.05) is 57.3 Å². The van der Waals surface area contributed by atoms with Gasteiger partial charge in [0.1, 0.15) is 38.9 Å². The van der Waals surface area contributed by atoms with Crippen LogP contribution in [-0.2, 0) is 4.74 Å². The zero-order valence-corrected chi connectivity index (χ0v) is 43.6. The topological polar surface area (TPSA) is 250 Å². The Kier molecular flexibility index (Phi) is 14.9. The van der Waals surface area contributed by atoms with Gasteiger partial charge >= 0.3 is 13.1 Å². The maximum Gasteiger partial charge on any atom is 0.410 e. The van der Waals surface area contributed by atoms with E-state index >= 15 is 0 Å². The minimum Gasteiger partial charge on any atom is -0.444 e. The van der Waals surface area contributed by atoms with Crippen molar-refractivity contribution >= 4 is 97.7 Å². The summed E-state index contributed by atoms with van der Waals surface area (Å²) >= 11 is 5.74. The molecule has 0 atom stereocenters. The number of nitrogens with zero attached hydrogens (tertiary/aromatic N) is 12. The molecule has 12 rings (SSSR count). The number of piperazine rings is 2. The van der Waals surface area contributed by atoms with Crippen LogP contribution in [0.25, 0.3) is 43.9 Å². The largest absolute Gasteiger partial charge is 0.444 e. The lowest BCUT2D eigenvalue weighted by Gasteiger charge is -2.36. The van der Waals surface area contributed by atoms with Gasteiger partial charge in [-0.3, -0.25) is 9.59 Å². The summed E-state index contributed by atoms with van der Waals surface area (Å²) in [6.45, 7) is 13.6. The first-order valence-corrected chi connectivity index (χ1v) is 26.3. The number of fused-ring (bicyclic) bond motifs is 6. The lowest BCUT2D eigenvalue weighted by molar-refractivity contribution is 0.0240. The van der Waals surface area contributed by atoms with Crippen molar-refractivity contribution in [3.8, 4) is 0 Å². The van der Waals surface area contributed by atoms with Crippen LogP contribution in [0.5, 0.6) is 0 Å². The number of rotatable bonds is 7. The standard InChI is InChI=1S/C28H34N8O3.C14H15N5O.C10H15BClN3O/c1-28(2,3)39-27(38)35-14-12-34(13-15-35)19-8-9-22(30-16-19)32-26-31-17-21-20-10-11-29-25(37)23(20)36(24(21)33-26)18-6-4-5-7-18;15-14-17-7-10-9-5-6-16-13(20)11(9)19(12(10)18-14)8-3-1-2-4-8;1-11(16)15-6-4-14(5-7-15)9-2-3-10(12)13-8-9/h8-11,16-18H,4-7,12-15H2,1-3H3,(H,29,37)(H,30,31,32,33);5-8H,1-4H2,(H,16,20)(H2,15,17,18);2-3,8,16H,4-7H2,1H3. The second-order valence-electron chi connectivity index (χ2n) is 20.6. The van der Waals surface area contributed by atoms with E-state index in [-0.39, 0.29) is 36.3 Å². The van der Waals surface area contributed by atoms with Crippen LogP contribution in [0.2, 0.25) is 12.0 Å². The van der Waals surface area contributed by atoms with Crippen molar-refractivity contribution in [2.45, 2.75) is 96.6 Å². The van der Waals surface area contributed by atoms with Gasteiger partial charge < -0.3 is 59.4 Å². The Morgan fingerprint density at radius 2 is 1.21 bits per heavy atom. The van der Waals surface area contributed by atoms with E-state index in [9.17, 15) is 19.4 Å². The predicted octanol–water partition coefficient (Wildman–Crippen LogP) is 7.52. The Morgan fingerprint density at radius 1 is 0.693 bits per heavy atom. The quantitative estimate of drug-likeness (QED) is 0.0765. The molecule has 8 aromatic heterocycles. The Bertz CT molecular complexity index is 3400. The molecule has 392 valence electrons. The highest BCUT2D eigenvalue weighted by molar-refractivity contribution is 6.45. The van der Waals surface area contributed by atoms with Crippen molar-refractivity contribution in [3.05, 3.63) is 99.4 Å². The zero-order chi connectivity index (χ0) is 52.4. The van der Waals surface area contributed by atoms with E-state index in [0.29, 0.717) is 60.2 Å². The lowest BCUT2D eigenvalue weighted by atomic mass is 9.84. The van der Waals surface area contributed by atoms with Crippen molar-refractivity contribution in [1.82, 2.24) is 58.7 Å². The van der Waals surface area contributed by atoms with E-state index in [1.54, 1.807) is 48.8 Å². The fourth-order valence-corrected chi connectivity index (χ4v) is 10.9. The summed E-state index contributed by atoms with van der Waals surface area (Å²) in [6, 6.07) is 12.1. The number of aromatic nitrogens is 10. The number of anilines is 5. The fraction of sp³-hybridized carbons (Fsp3) is 0.442. The number of ether oxygens (including phenoxy) is 1. The third-order valence-electron chi connectivity index (χ3n) is 14.5. The molecule has 23 heteroatoms. The molecule has 4 aliphatic rings. The molecular weight excluding hydrogens is 975 g/mol. The molecule has 2 saturated carbocycles. The third-order valence-corrected chi connectivity index (χ3v) is 14.8. The highest BCUT2D eigenvalue weighted by atomic mass is 35.5. The highest BCUT2D eigenvalue weighted by Gasteiger charge is 2.29. The number of nitrogens with two attached hydrogens (primary N) is 1. The molecule has 2 aliphatic heterocycles. The van der Waals surface area contributed by atoms with Crippen molar-refractivity contribution < 1.29 is 14.6 Å². The smallest absolute Gasteiger partial charge is 0.410 e. The minimum absolute atomic E-state index is 0.0778. The number of carbonyl (C=O) groups excluding carboxylic acids is 1. The van der Waals surface area contributed by atoms with Crippen molar-refractivity contribution in [2.24, 2.45) is 0 Å². The number of halogens is 1. The number of nitrogen functional groups attached to an aromatic ring is 1. The molecule has 0 spiro atoms. The molecule has 0 aromatic carbocycles. The number of nitrogens with one attached hydrogen (secondary N) is 3. The third kappa shape index (κ3) is 11.2. The zero-order valence-electron chi connectivity index (χ0n) is 42.9. The number of H-pyrrole nitrogens is 2. The van der Waals surface area contributed by atoms with Gasteiger partial charge in [0.25, 0.3) is 11.1 Å². The average molecular weight is 1040 g/mol. The molecule has 4 fully saturated rings. The average Bonchev–Trinajstić information content (AvgIpc) is 4.26. The number of aromatic amines is 2. The Hall–Kier alpha value is -7.30. The molecule has 21 nitrogen and oxygen atoms in total. The van der Waals surface area contributed by atoms with Gasteiger partial charge in [-0.25, -0.2) is 24.7 Å². The monoisotopic (exact) mass is 1040 g/mol. The van der Waals surface area contributed by atoms with Crippen LogP contribution in [-0.4, -0.2) is 135 Å². The molecule has 8 aromatic rings. The first kappa shape index (κ1) is 51.2. The number of hydrogen-bond donors (Lipinski definition) is 5. The summed E-state index contributed by atoms with van der Waals surface area (Å²) in [4.78, 5) is 77.7. The highest BCUT2D eigenvalue weighted by Crippen LogP contribution is 2.38. The normalized spacial score (nSPS) is 16.9. The van der Waals surface area contributed by atoms with Crippen molar-refractivity contribution in [1.29, 1.82) is 0 Å². The summed E-state index contributed by atoms with van der Waals surface area (Å²) in [6.07, 6.45) is 19.1. The van der Waals surface area contributed by atoms with Crippen LogP contribution in [0.1, 0.15) is 84.2 Å². The van der Waals surface area contributed by atoms with E-state index < -0.39 is 5.60 Å². The van der Waals surface area contributed by atoms with Gasteiger partial charge in [0.2, 0.25) is 11.9 Å². The summed E-state index contributed by atoms with van der Waals surface area (Å²) < 4.78 is 9.67. The molecule has 0 radical (unpaired) electrons. The number of pyridine rings is 4. The molecule has 75 heavy (non-hydrogen) atoms. The molecule has 2 saturated heterocycles. The summed E-state index contributed by atoms with van der Waals surface area (Å²) in [7, 11) is -0.356. The Balaban J connectivity index is 0.000000147. The maximum atomic E-state index is 12.8. The number of carbonyl (C=O) groups is 1. The minimum atomic E-state index is -0.500. The summed E-state index contributed by atoms with van der Waals surface area (Å²) in [5, 5.41) is 16.7. The summed E-state index contributed by atoms with van der Waals surface area (Å²) in [5.41, 5.74) is 10.0. The van der Waals surface area contributed by atoms with Crippen LogP contribution in [0.15, 0.2) is 83.2 Å². The van der Waals surface area contributed by atoms with E-state index in [0.717, 1.165) is 109 Å². The van der Waals surface area contributed by atoms with E-state index in [2.05, 4.69) is 63.9 Å². The molecule has 1 amide bonds.